The number of halogens is 2. The number of hydrogen-bond acceptors (Lipinski definition) is 2. The fourth-order valence-electron chi connectivity index (χ4n) is 1.76. The first-order valence-corrected chi connectivity index (χ1v) is 6.13. The van der Waals surface area contributed by atoms with Crippen molar-refractivity contribution in [1.82, 2.24) is 10.6 Å². The molecule has 6 heteroatoms. The Morgan fingerprint density at radius 2 is 2.00 bits per heavy atom. The zero-order valence-electron chi connectivity index (χ0n) is 9.09. The lowest BCUT2D eigenvalue weighted by atomic mass is 10.3. The van der Waals surface area contributed by atoms with Gasteiger partial charge in [0.15, 0.2) is 0 Å². The van der Waals surface area contributed by atoms with Gasteiger partial charge in [0.25, 0.3) is 0 Å². The third kappa shape index (κ3) is 3.77. The SMILES string of the molecule is O=C(Nc1cc(Cl)cc(Cl)c1)N[C@H]1CCNC1. The molecule has 0 aromatic heterocycles. The number of anilines is 1. The summed E-state index contributed by atoms with van der Waals surface area (Å²) in [6.45, 7) is 1.75. The van der Waals surface area contributed by atoms with Gasteiger partial charge in [-0.25, -0.2) is 4.79 Å². The van der Waals surface area contributed by atoms with Crippen LogP contribution in [0.4, 0.5) is 10.5 Å². The van der Waals surface area contributed by atoms with Gasteiger partial charge in [0.05, 0.1) is 0 Å². The average molecular weight is 274 g/mol. The number of carbonyl (C=O) groups is 1. The zero-order chi connectivity index (χ0) is 12.3. The molecule has 92 valence electrons. The molecule has 1 aromatic carbocycles. The maximum absolute atomic E-state index is 11.7. The summed E-state index contributed by atoms with van der Waals surface area (Å²) in [5, 5.41) is 9.74. The molecule has 0 spiro atoms. The summed E-state index contributed by atoms with van der Waals surface area (Å²) in [5.41, 5.74) is 0.589. The molecule has 3 N–H and O–H groups in total. The normalized spacial score (nSPS) is 19.1. The predicted molar refractivity (Wildman–Crippen MR) is 69.9 cm³/mol. The molecular weight excluding hydrogens is 261 g/mol. The Morgan fingerprint density at radius 1 is 1.29 bits per heavy atom. The van der Waals surface area contributed by atoms with E-state index in [0.29, 0.717) is 15.7 Å². The molecule has 1 atom stereocenters. The quantitative estimate of drug-likeness (QED) is 0.776. The summed E-state index contributed by atoms with van der Waals surface area (Å²) in [7, 11) is 0. The van der Waals surface area contributed by atoms with Gasteiger partial charge in [-0.2, -0.15) is 0 Å². The highest BCUT2D eigenvalue weighted by molar-refractivity contribution is 6.35. The van der Waals surface area contributed by atoms with Crippen LogP contribution in [0.3, 0.4) is 0 Å². The molecule has 1 heterocycles. The first-order chi connectivity index (χ1) is 8.13. The molecule has 2 amide bonds. The molecule has 0 radical (unpaired) electrons. The lowest BCUT2D eigenvalue weighted by molar-refractivity contribution is 0.249. The van der Waals surface area contributed by atoms with E-state index in [1.54, 1.807) is 18.2 Å². The van der Waals surface area contributed by atoms with Crippen molar-refractivity contribution < 1.29 is 4.79 Å². The smallest absolute Gasteiger partial charge is 0.319 e. The second-order valence-corrected chi connectivity index (χ2v) is 4.82. The van der Waals surface area contributed by atoms with E-state index in [1.807, 2.05) is 0 Å². The van der Waals surface area contributed by atoms with Crippen molar-refractivity contribution in [2.75, 3.05) is 18.4 Å². The van der Waals surface area contributed by atoms with Crippen LogP contribution in [0.25, 0.3) is 0 Å². The maximum atomic E-state index is 11.7. The molecule has 4 nitrogen and oxygen atoms in total. The standard InChI is InChI=1S/C11H13Cl2N3O/c12-7-3-8(13)5-10(4-7)16-11(17)15-9-1-2-14-6-9/h3-5,9,14H,1-2,6H2,(H2,15,16,17)/t9-/m0/s1. The maximum Gasteiger partial charge on any atom is 0.319 e. The molecule has 1 saturated heterocycles. The van der Waals surface area contributed by atoms with Crippen LogP contribution in [0.1, 0.15) is 6.42 Å². The highest BCUT2D eigenvalue weighted by Gasteiger charge is 2.16. The number of amides is 2. The van der Waals surface area contributed by atoms with Gasteiger partial charge in [-0.1, -0.05) is 23.2 Å². The average Bonchev–Trinajstić information content (AvgIpc) is 2.67. The Hall–Kier alpha value is -0.970. The molecule has 0 saturated carbocycles. The van der Waals surface area contributed by atoms with Gasteiger partial charge in [0.2, 0.25) is 0 Å². The zero-order valence-corrected chi connectivity index (χ0v) is 10.6. The Morgan fingerprint density at radius 3 is 2.59 bits per heavy atom. The second kappa shape index (κ2) is 5.58. The van der Waals surface area contributed by atoms with E-state index in [9.17, 15) is 4.79 Å². The van der Waals surface area contributed by atoms with Gasteiger partial charge < -0.3 is 16.0 Å². The number of urea groups is 1. The van der Waals surface area contributed by atoms with Crippen molar-refractivity contribution >= 4 is 34.9 Å². The minimum Gasteiger partial charge on any atom is -0.334 e. The van der Waals surface area contributed by atoms with Gasteiger partial charge >= 0.3 is 6.03 Å². The Balaban J connectivity index is 1.92. The van der Waals surface area contributed by atoms with Crippen LogP contribution in [-0.2, 0) is 0 Å². The van der Waals surface area contributed by atoms with Crippen molar-refractivity contribution in [3.63, 3.8) is 0 Å². The number of hydrogen-bond donors (Lipinski definition) is 3. The first kappa shape index (κ1) is 12.5. The fourth-order valence-corrected chi connectivity index (χ4v) is 2.28. The highest BCUT2D eigenvalue weighted by Crippen LogP contribution is 2.22. The van der Waals surface area contributed by atoms with Crippen molar-refractivity contribution in [2.24, 2.45) is 0 Å². The molecule has 17 heavy (non-hydrogen) atoms. The third-order valence-corrected chi connectivity index (χ3v) is 2.95. The Labute approximate surface area is 110 Å². The number of carbonyl (C=O) groups excluding carboxylic acids is 1. The topological polar surface area (TPSA) is 53.2 Å². The molecule has 1 aliphatic heterocycles. The van der Waals surface area contributed by atoms with Crippen molar-refractivity contribution in [3.05, 3.63) is 28.2 Å². The van der Waals surface area contributed by atoms with Gasteiger partial charge in [0.1, 0.15) is 0 Å². The summed E-state index contributed by atoms with van der Waals surface area (Å²) < 4.78 is 0. The van der Waals surface area contributed by atoms with E-state index in [2.05, 4.69) is 16.0 Å². The van der Waals surface area contributed by atoms with E-state index in [1.165, 1.54) is 0 Å². The van der Waals surface area contributed by atoms with Gasteiger partial charge in [-0.05, 0) is 31.2 Å². The van der Waals surface area contributed by atoms with E-state index >= 15 is 0 Å². The first-order valence-electron chi connectivity index (χ1n) is 5.38. The summed E-state index contributed by atoms with van der Waals surface area (Å²) in [6.07, 6.45) is 0.948. The molecule has 1 fully saturated rings. The molecule has 0 unspecified atom stereocenters. The van der Waals surface area contributed by atoms with Gasteiger partial charge in [0, 0.05) is 28.3 Å². The highest BCUT2D eigenvalue weighted by atomic mass is 35.5. The lowest BCUT2D eigenvalue weighted by Crippen LogP contribution is -2.39. The van der Waals surface area contributed by atoms with Crippen LogP contribution < -0.4 is 16.0 Å². The summed E-state index contributed by atoms with van der Waals surface area (Å²) in [6, 6.07) is 4.87. The predicted octanol–water partition coefficient (Wildman–Crippen LogP) is 2.48. The summed E-state index contributed by atoms with van der Waals surface area (Å²) in [4.78, 5) is 11.7. The van der Waals surface area contributed by atoms with Crippen LogP contribution in [0.2, 0.25) is 10.0 Å². The van der Waals surface area contributed by atoms with Crippen molar-refractivity contribution in [2.45, 2.75) is 12.5 Å². The molecule has 1 aromatic rings. The summed E-state index contributed by atoms with van der Waals surface area (Å²) >= 11 is 11.7. The van der Waals surface area contributed by atoms with E-state index in [0.717, 1.165) is 19.5 Å². The second-order valence-electron chi connectivity index (χ2n) is 3.95. The van der Waals surface area contributed by atoms with E-state index in [-0.39, 0.29) is 12.1 Å². The molecule has 0 bridgehead atoms. The minimum absolute atomic E-state index is 0.185. The van der Waals surface area contributed by atoms with Crippen LogP contribution in [0.5, 0.6) is 0 Å². The monoisotopic (exact) mass is 273 g/mol. The lowest BCUT2D eigenvalue weighted by Gasteiger charge is -2.12. The van der Waals surface area contributed by atoms with Crippen LogP contribution in [0.15, 0.2) is 18.2 Å². The third-order valence-electron chi connectivity index (χ3n) is 2.52. The molecule has 0 aliphatic carbocycles. The Bertz CT molecular complexity index is 399. The van der Waals surface area contributed by atoms with Crippen LogP contribution >= 0.6 is 23.2 Å². The number of benzene rings is 1. The summed E-state index contributed by atoms with van der Waals surface area (Å²) in [5.74, 6) is 0. The fraction of sp³-hybridized carbons (Fsp3) is 0.364. The van der Waals surface area contributed by atoms with Crippen LogP contribution in [-0.4, -0.2) is 25.2 Å². The van der Waals surface area contributed by atoms with Crippen molar-refractivity contribution in [3.8, 4) is 0 Å². The number of rotatable bonds is 2. The molecular formula is C11H13Cl2N3O. The minimum atomic E-state index is -0.239. The molecule has 1 aliphatic rings. The van der Waals surface area contributed by atoms with Crippen molar-refractivity contribution in [1.29, 1.82) is 0 Å². The number of nitrogens with one attached hydrogen (secondary N) is 3. The Kier molecular flexibility index (Phi) is 4.10. The van der Waals surface area contributed by atoms with E-state index < -0.39 is 0 Å². The van der Waals surface area contributed by atoms with E-state index in [4.69, 9.17) is 23.2 Å². The van der Waals surface area contributed by atoms with Gasteiger partial charge in [-0.15, -0.1) is 0 Å². The van der Waals surface area contributed by atoms with Gasteiger partial charge in [-0.3, -0.25) is 0 Å². The van der Waals surface area contributed by atoms with Crippen LogP contribution in [0, 0.1) is 0 Å². The largest absolute Gasteiger partial charge is 0.334 e. The molecule has 2 rings (SSSR count).